The molecule has 0 unspecified atom stereocenters. The largest absolute Gasteiger partial charge is 0.381 e. The molecule has 0 aliphatic carbocycles. The maximum absolute atomic E-state index is 5.45. The number of nitrogens with one attached hydrogen (secondary N) is 1. The van der Waals surface area contributed by atoms with Crippen molar-refractivity contribution in [1.29, 1.82) is 0 Å². The summed E-state index contributed by atoms with van der Waals surface area (Å²) in [7, 11) is 0. The van der Waals surface area contributed by atoms with E-state index in [2.05, 4.69) is 32.6 Å². The number of fused-ring (bicyclic) bond motifs is 1. The average Bonchev–Trinajstić information content (AvgIpc) is 2.95. The number of hydrogen-bond donors (Lipinski definition) is 2. The molecular formula is C12H16N4OS2. The molecule has 3 heterocycles. The fourth-order valence-corrected chi connectivity index (χ4v) is 4.06. The molecule has 7 heteroatoms. The predicted molar refractivity (Wildman–Crippen MR) is 78.7 cm³/mol. The highest BCUT2D eigenvalue weighted by Gasteiger charge is 2.31. The van der Waals surface area contributed by atoms with Crippen LogP contribution in [0.25, 0.3) is 11.2 Å². The molecule has 0 bridgehead atoms. The Balaban J connectivity index is 1.76. The quantitative estimate of drug-likeness (QED) is 0.514. The first kappa shape index (κ1) is 13.2. The number of imidazole rings is 1. The van der Waals surface area contributed by atoms with Crippen LogP contribution >= 0.6 is 24.4 Å². The van der Waals surface area contributed by atoms with Gasteiger partial charge in [0.2, 0.25) is 0 Å². The summed E-state index contributed by atoms with van der Waals surface area (Å²) in [6, 6.07) is 0. The highest BCUT2D eigenvalue weighted by molar-refractivity contribution is 7.99. The third-order valence-corrected chi connectivity index (χ3v) is 5.60. The van der Waals surface area contributed by atoms with E-state index in [9.17, 15) is 0 Å². The normalized spacial score (nSPS) is 18.8. The zero-order valence-corrected chi connectivity index (χ0v) is 12.2. The smallest absolute Gasteiger partial charge is 0.181 e. The van der Waals surface area contributed by atoms with Crippen LogP contribution in [0.4, 0.5) is 0 Å². The van der Waals surface area contributed by atoms with Gasteiger partial charge in [-0.15, -0.1) is 11.8 Å². The standard InChI is InChI=1S/C12H16N4OS2/c18-5-12(1-3-17-4-2-12)6-19-11-9-10(14-7-13-9)15-8-16-11/h7-8,18H,1-6H2,(H,13,14,15,16). The van der Waals surface area contributed by atoms with E-state index >= 15 is 0 Å². The van der Waals surface area contributed by atoms with E-state index in [1.807, 2.05) is 0 Å². The van der Waals surface area contributed by atoms with E-state index in [0.717, 1.165) is 53.8 Å². The molecule has 19 heavy (non-hydrogen) atoms. The molecule has 0 saturated carbocycles. The Morgan fingerprint density at radius 2 is 2.16 bits per heavy atom. The second-order valence-electron chi connectivity index (χ2n) is 4.84. The van der Waals surface area contributed by atoms with Gasteiger partial charge >= 0.3 is 0 Å². The van der Waals surface area contributed by atoms with Crippen LogP contribution in [0.1, 0.15) is 12.8 Å². The van der Waals surface area contributed by atoms with Gasteiger partial charge in [-0.2, -0.15) is 12.6 Å². The van der Waals surface area contributed by atoms with Crippen LogP contribution in [0.5, 0.6) is 0 Å². The lowest BCUT2D eigenvalue weighted by Crippen LogP contribution is -2.33. The van der Waals surface area contributed by atoms with Gasteiger partial charge in [0.05, 0.1) is 6.33 Å². The minimum absolute atomic E-state index is 0.253. The van der Waals surface area contributed by atoms with Crippen LogP contribution in [-0.2, 0) is 4.74 Å². The number of H-pyrrole nitrogens is 1. The molecule has 1 N–H and O–H groups in total. The molecule has 2 aromatic rings. The van der Waals surface area contributed by atoms with Crippen molar-refractivity contribution in [3.63, 3.8) is 0 Å². The number of hydrogen-bond acceptors (Lipinski definition) is 6. The molecule has 102 valence electrons. The number of aromatic nitrogens is 4. The van der Waals surface area contributed by atoms with E-state index < -0.39 is 0 Å². The third-order valence-electron chi connectivity index (χ3n) is 3.59. The zero-order valence-electron chi connectivity index (χ0n) is 10.5. The zero-order chi connectivity index (χ0) is 13.1. The Hall–Kier alpha value is -0.790. The molecule has 1 aliphatic heterocycles. The van der Waals surface area contributed by atoms with Gasteiger partial charge in [-0.3, -0.25) is 0 Å². The van der Waals surface area contributed by atoms with Gasteiger partial charge in [-0.25, -0.2) is 15.0 Å². The van der Waals surface area contributed by atoms with E-state index in [1.54, 1.807) is 24.4 Å². The van der Waals surface area contributed by atoms with Crippen molar-refractivity contribution in [2.45, 2.75) is 17.9 Å². The van der Waals surface area contributed by atoms with Gasteiger partial charge in [0.15, 0.2) is 5.65 Å². The molecule has 0 aromatic carbocycles. The summed E-state index contributed by atoms with van der Waals surface area (Å²) < 4.78 is 5.45. The monoisotopic (exact) mass is 296 g/mol. The molecule has 0 atom stereocenters. The summed E-state index contributed by atoms with van der Waals surface area (Å²) in [5, 5.41) is 0.968. The second kappa shape index (κ2) is 5.68. The fraction of sp³-hybridized carbons (Fsp3) is 0.583. The highest BCUT2D eigenvalue weighted by atomic mass is 32.2. The molecule has 1 aliphatic rings. The van der Waals surface area contributed by atoms with E-state index in [1.165, 1.54) is 0 Å². The van der Waals surface area contributed by atoms with Gasteiger partial charge in [-0.1, -0.05) is 0 Å². The van der Waals surface area contributed by atoms with Crippen molar-refractivity contribution in [3.8, 4) is 0 Å². The Morgan fingerprint density at radius 3 is 2.95 bits per heavy atom. The number of nitrogens with zero attached hydrogens (tertiary/aromatic N) is 3. The third kappa shape index (κ3) is 2.73. The lowest BCUT2D eigenvalue weighted by Gasteiger charge is -2.35. The van der Waals surface area contributed by atoms with E-state index in [0.29, 0.717) is 0 Å². The summed E-state index contributed by atoms with van der Waals surface area (Å²) in [5.41, 5.74) is 1.90. The molecule has 2 aromatic heterocycles. The molecule has 0 radical (unpaired) electrons. The first-order valence-corrected chi connectivity index (χ1v) is 7.90. The maximum Gasteiger partial charge on any atom is 0.181 e. The Labute approximate surface area is 121 Å². The summed E-state index contributed by atoms with van der Waals surface area (Å²) in [4.78, 5) is 15.7. The lowest BCUT2D eigenvalue weighted by atomic mass is 9.84. The van der Waals surface area contributed by atoms with Crippen molar-refractivity contribution in [3.05, 3.63) is 12.7 Å². The van der Waals surface area contributed by atoms with Crippen molar-refractivity contribution >= 4 is 35.6 Å². The topological polar surface area (TPSA) is 63.7 Å². The molecule has 5 nitrogen and oxygen atoms in total. The number of ether oxygens (including phenoxy) is 1. The average molecular weight is 296 g/mol. The van der Waals surface area contributed by atoms with Crippen LogP contribution in [0, 0.1) is 5.41 Å². The van der Waals surface area contributed by atoms with Gasteiger partial charge in [0.1, 0.15) is 16.9 Å². The van der Waals surface area contributed by atoms with Crippen molar-refractivity contribution in [2.75, 3.05) is 24.7 Å². The summed E-state index contributed by atoms with van der Waals surface area (Å²) in [6.45, 7) is 1.68. The van der Waals surface area contributed by atoms with Gasteiger partial charge < -0.3 is 9.72 Å². The fourth-order valence-electron chi connectivity index (χ4n) is 2.23. The Bertz CT molecular complexity index is 553. The Kier molecular flexibility index (Phi) is 3.95. The number of aromatic amines is 1. The Morgan fingerprint density at radius 1 is 1.32 bits per heavy atom. The maximum atomic E-state index is 5.45. The van der Waals surface area contributed by atoms with Crippen LogP contribution in [0.15, 0.2) is 17.7 Å². The van der Waals surface area contributed by atoms with E-state index in [-0.39, 0.29) is 5.41 Å². The number of rotatable bonds is 4. The first-order valence-electron chi connectivity index (χ1n) is 6.28. The summed E-state index contributed by atoms with van der Waals surface area (Å²) in [5.74, 6) is 1.89. The molecule has 3 rings (SSSR count). The van der Waals surface area contributed by atoms with Gasteiger partial charge in [0, 0.05) is 19.0 Å². The van der Waals surface area contributed by atoms with Gasteiger partial charge in [0.25, 0.3) is 0 Å². The first-order chi connectivity index (χ1) is 9.33. The summed E-state index contributed by atoms with van der Waals surface area (Å²) >= 11 is 6.29. The molecule has 0 spiro atoms. The highest BCUT2D eigenvalue weighted by Crippen LogP contribution is 2.37. The van der Waals surface area contributed by atoms with Crippen molar-refractivity contribution in [2.24, 2.45) is 5.41 Å². The van der Waals surface area contributed by atoms with E-state index in [4.69, 9.17) is 4.74 Å². The molecule has 1 fully saturated rings. The molecule has 0 amide bonds. The second-order valence-corrected chi connectivity index (χ2v) is 6.12. The number of thioether (sulfide) groups is 1. The van der Waals surface area contributed by atoms with Gasteiger partial charge in [-0.05, 0) is 24.0 Å². The molecular weight excluding hydrogens is 280 g/mol. The van der Waals surface area contributed by atoms with Crippen molar-refractivity contribution in [1.82, 2.24) is 19.9 Å². The lowest BCUT2D eigenvalue weighted by molar-refractivity contribution is 0.0371. The molecule has 1 saturated heterocycles. The van der Waals surface area contributed by atoms with Crippen molar-refractivity contribution < 1.29 is 4.74 Å². The van der Waals surface area contributed by atoms with Crippen LogP contribution < -0.4 is 0 Å². The van der Waals surface area contributed by atoms with Crippen LogP contribution in [0.2, 0.25) is 0 Å². The van der Waals surface area contributed by atoms with Crippen LogP contribution in [-0.4, -0.2) is 44.7 Å². The SMILES string of the molecule is SCC1(CSc2ncnc3nc[nH]c23)CCOCC1. The predicted octanol–water partition coefficient (Wildman–Crippen LogP) is 2.17. The minimum Gasteiger partial charge on any atom is -0.381 e. The minimum atomic E-state index is 0.253. The van der Waals surface area contributed by atoms with Crippen LogP contribution in [0.3, 0.4) is 0 Å². The number of thiol groups is 1. The summed E-state index contributed by atoms with van der Waals surface area (Å²) in [6.07, 6.45) is 5.37.